The molecule has 1 amide bonds. The molecule has 4 aromatic rings. The lowest BCUT2D eigenvalue weighted by Crippen LogP contribution is -2.26. The molecule has 0 aliphatic heterocycles. The lowest BCUT2D eigenvalue weighted by atomic mass is 9.89. The Morgan fingerprint density at radius 3 is 1.96 bits per heavy atom. The maximum absolute atomic E-state index is 12.8. The van der Waals surface area contributed by atoms with Crippen molar-refractivity contribution >= 4 is 33.4 Å². The minimum Gasteiger partial charge on any atom is -0.370 e. The molecule has 4 rings (SSSR count). The first-order valence-corrected chi connectivity index (χ1v) is 9.20. The Morgan fingerprint density at radius 1 is 0.750 bits per heavy atom. The van der Waals surface area contributed by atoms with E-state index in [2.05, 4.69) is 41.4 Å². The Hall–Kier alpha value is -3.66. The number of hydrogen-bond donors (Lipinski definition) is 2. The Kier molecular flexibility index (Phi) is 4.77. The first kappa shape index (κ1) is 17.7. The maximum Gasteiger partial charge on any atom is 0.256 e. The fourth-order valence-electron chi connectivity index (χ4n) is 3.58. The Morgan fingerprint density at radius 2 is 1.32 bits per heavy atom. The van der Waals surface area contributed by atoms with Gasteiger partial charge in [0.1, 0.15) is 0 Å². The smallest absolute Gasteiger partial charge is 0.256 e. The molecule has 4 nitrogen and oxygen atoms in total. The summed E-state index contributed by atoms with van der Waals surface area (Å²) >= 11 is 0. The van der Waals surface area contributed by atoms with E-state index in [-0.39, 0.29) is 11.9 Å². The van der Waals surface area contributed by atoms with Gasteiger partial charge in [-0.2, -0.15) is 4.99 Å². The van der Waals surface area contributed by atoms with Crippen molar-refractivity contribution in [2.75, 3.05) is 0 Å². The highest BCUT2D eigenvalue weighted by Gasteiger charge is 2.21. The predicted molar refractivity (Wildman–Crippen MR) is 115 cm³/mol. The van der Waals surface area contributed by atoms with Gasteiger partial charge in [0.25, 0.3) is 5.91 Å². The van der Waals surface area contributed by atoms with Crippen molar-refractivity contribution in [2.45, 2.75) is 12.3 Å². The first-order chi connectivity index (χ1) is 13.6. The summed E-state index contributed by atoms with van der Waals surface area (Å²) in [5, 5.41) is 4.53. The highest BCUT2D eigenvalue weighted by Crippen LogP contribution is 2.27. The summed E-state index contributed by atoms with van der Waals surface area (Å²) in [5.74, 6) is -0.995. The second-order valence-corrected chi connectivity index (χ2v) is 6.92. The van der Waals surface area contributed by atoms with Crippen LogP contribution in [0.15, 0.2) is 89.9 Å². The number of guanidine groups is 1. The van der Waals surface area contributed by atoms with Crippen LogP contribution in [0.4, 0.5) is 0 Å². The maximum atomic E-state index is 12.8. The third kappa shape index (κ3) is 3.71. The van der Waals surface area contributed by atoms with Crippen molar-refractivity contribution < 1.29 is 4.79 Å². The zero-order valence-corrected chi connectivity index (χ0v) is 15.4. The van der Waals surface area contributed by atoms with E-state index < -0.39 is 5.92 Å². The molecule has 0 aliphatic rings. The van der Waals surface area contributed by atoms with E-state index in [1.807, 2.05) is 48.5 Å². The topological polar surface area (TPSA) is 81.5 Å². The number of fused-ring (bicyclic) bond motifs is 2. The van der Waals surface area contributed by atoms with Crippen molar-refractivity contribution in [3.05, 3.63) is 96.1 Å². The molecule has 0 bridgehead atoms. The third-order valence-electron chi connectivity index (χ3n) is 4.97. The van der Waals surface area contributed by atoms with Gasteiger partial charge in [-0.05, 0) is 39.1 Å². The minimum absolute atomic E-state index is 0.214. The Bertz CT molecular complexity index is 1190. The number of amides is 1. The molecule has 0 radical (unpaired) electrons. The molecule has 4 heteroatoms. The van der Waals surface area contributed by atoms with Gasteiger partial charge < -0.3 is 11.5 Å². The van der Waals surface area contributed by atoms with Crippen molar-refractivity contribution in [3.8, 4) is 0 Å². The summed E-state index contributed by atoms with van der Waals surface area (Å²) < 4.78 is 0. The van der Waals surface area contributed by atoms with E-state index in [1.165, 1.54) is 5.39 Å². The first-order valence-electron chi connectivity index (χ1n) is 9.20. The largest absolute Gasteiger partial charge is 0.370 e. The zero-order chi connectivity index (χ0) is 19.5. The molecular weight excluding hydrogens is 346 g/mol. The molecule has 0 fully saturated rings. The third-order valence-corrected chi connectivity index (χ3v) is 4.97. The second kappa shape index (κ2) is 7.53. The fraction of sp³-hybridized carbons (Fsp3) is 0.0833. The van der Waals surface area contributed by atoms with Crippen LogP contribution in [-0.4, -0.2) is 11.9 Å². The molecule has 4 aromatic carbocycles. The van der Waals surface area contributed by atoms with E-state index >= 15 is 0 Å². The van der Waals surface area contributed by atoms with E-state index in [0.717, 1.165) is 27.3 Å². The summed E-state index contributed by atoms with van der Waals surface area (Å²) in [6.45, 7) is 0. The van der Waals surface area contributed by atoms with Crippen LogP contribution in [0.2, 0.25) is 0 Å². The van der Waals surface area contributed by atoms with Crippen LogP contribution in [0.3, 0.4) is 0 Å². The summed E-state index contributed by atoms with van der Waals surface area (Å²) in [5.41, 5.74) is 12.9. The molecule has 0 aliphatic carbocycles. The Balaban J connectivity index is 1.75. The van der Waals surface area contributed by atoms with Crippen molar-refractivity contribution in [1.29, 1.82) is 0 Å². The van der Waals surface area contributed by atoms with Crippen molar-refractivity contribution in [3.63, 3.8) is 0 Å². The Labute approximate surface area is 163 Å². The summed E-state index contributed by atoms with van der Waals surface area (Å²) in [4.78, 5) is 16.6. The average molecular weight is 367 g/mol. The molecule has 1 atom stereocenters. The number of benzene rings is 4. The molecule has 0 saturated heterocycles. The van der Waals surface area contributed by atoms with Crippen LogP contribution < -0.4 is 11.5 Å². The van der Waals surface area contributed by atoms with E-state index in [9.17, 15) is 4.79 Å². The van der Waals surface area contributed by atoms with E-state index in [4.69, 9.17) is 11.5 Å². The van der Waals surface area contributed by atoms with Crippen LogP contribution in [0.5, 0.6) is 0 Å². The predicted octanol–water partition coefficient (Wildman–Crippen LogP) is 4.12. The number of nitrogens with two attached hydrogens (primary N) is 2. The lowest BCUT2D eigenvalue weighted by Gasteiger charge is -2.16. The summed E-state index contributed by atoms with van der Waals surface area (Å²) in [6, 6.07) is 28.5. The second-order valence-electron chi connectivity index (χ2n) is 6.92. The van der Waals surface area contributed by atoms with Gasteiger partial charge in [0.15, 0.2) is 5.96 Å². The van der Waals surface area contributed by atoms with Gasteiger partial charge in [0.05, 0.1) is 5.92 Å². The molecular formula is C24H21N3O. The summed E-state index contributed by atoms with van der Waals surface area (Å²) in [7, 11) is 0. The molecule has 28 heavy (non-hydrogen) atoms. The number of hydrogen-bond acceptors (Lipinski definition) is 1. The average Bonchev–Trinajstić information content (AvgIpc) is 2.71. The monoisotopic (exact) mass is 367 g/mol. The summed E-state index contributed by atoms with van der Waals surface area (Å²) in [6.07, 6.45) is 0.527. The quantitative estimate of drug-likeness (QED) is 0.420. The molecule has 4 N–H and O–H groups in total. The lowest BCUT2D eigenvalue weighted by molar-refractivity contribution is -0.119. The van der Waals surface area contributed by atoms with Crippen LogP contribution >= 0.6 is 0 Å². The van der Waals surface area contributed by atoms with E-state index in [1.54, 1.807) is 0 Å². The van der Waals surface area contributed by atoms with Crippen molar-refractivity contribution in [2.24, 2.45) is 16.5 Å². The van der Waals surface area contributed by atoms with Crippen LogP contribution in [0.1, 0.15) is 17.0 Å². The van der Waals surface area contributed by atoms with Crippen LogP contribution in [0.25, 0.3) is 21.5 Å². The fourth-order valence-corrected chi connectivity index (χ4v) is 3.58. The van der Waals surface area contributed by atoms with Gasteiger partial charge in [-0.15, -0.1) is 0 Å². The molecule has 138 valence electrons. The van der Waals surface area contributed by atoms with Crippen LogP contribution in [-0.2, 0) is 11.2 Å². The SMILES string of the molecule is NC(N)=NC(=O)C(Cc1ccc2ccccc2c1)c1ccc2ccccc2c1. The minimum atomic E-state index is -0.451. The molecule has 1 unspecified atom stereocenters. The highest BCUT2D eigenvalue weighted by molar-refractivity contribution is 5.96. The number of carbonyl (C=O) groups is 1. The number of carbonyl (C=O) groups excluding carboxylic acids is 1. The van der Waals surface area contributed by atoms with Gasteiger partial charge in [-0.1, -0.05) is 84.9 Å². The van der Waals surface area contributed by atoms with Gasteiger partial charge in [-0.3, -0.25) is 4.79 Å². The highest BCUT2D eigenvalue weighted by atomic mass is 16.1. The van der Waals surface area contributed by atoms with Crippen molar-refractivity contribution in [1.82, 2.24) is 0 Å². The number of nitrogens with zero attached hydrogens (tertiary/aromatic N) is 1. The van der Waals surface area contributed by atoms with E-state index in [0.29, 0.717) is 6.42 Å². The van der Waals surface area contributed by atoms with Gasteiger partial charge in [-0.25, -0.2) is 0 Å². The molecule has 0 aromatic heterocycles. The van der Waals surface area contributed by atoms with Gasteiger partial charge >= 0.3 is 0 Å². The zero-order valence-electron chi connectivity index (χ0n) is 15.4. The van der Waals surface area contributed by atoms with Crippen LogP contribution in [0, 0.1) is 0 Å². The molecule has 0 saturated carbocycles. The normalized spacial score (nSPS) is 12.0. The molecule has 0 heterocycles. The standard InChI is InChI=1S/C24H21N3O/c25-24(26)27-23(28)22(21-12-11-18-6-2-4-8-20(18)15-21)14-16-9-10-17-5-1-3-7-19(17)13-16/h1-13,15,22H,14H2,(H4,25,26,27,28). The van der Waals surface area contributed by atoms with Gasteiger partial charge in [0, 0.05) is 0 Å². The number of aliphatic imine (C=N–C) groups is 1. The van der Waals surface area contributed by atoms with Gasteiger partial charge in [0.2, 0.25) is 0 Å². The number of rotatable bonds is 4. The molecule has 0 spiro atoms.